The number of carbonyl (C=O) groups is 2. The van der Waals surface area contributed by atoms with Gasteiger partial charge in [0.25, 0.3) is 5.91 Å². The van der Waals surface area contributed by atoms with Crippen LogP contribution in [0.2, 0.25) is 10.0 Å². The minimum absolute atomic E-state index is 0.0431. The highest BCUT2D eigenvalue weighted by Gasteiger charge is 2.20. The average molecular weight is 426 g/mol. The Balaban J connectivity index is 2.03. The average Bonchev–Trinajstić information content (AvgIpc) is 2.69. The fourth-order valence-corrected chi connectivity index (χ4v) is 3.11. The molecule has 0 aliphatic rings. The van der Waals surface area contributed by atoms with Crippen molar-refractivity contribution in [1.29, 1.82) is 0 Å². The van der Waals surface area contributed by atoms with E-state index >= 15 is 0 Å². The molecule has 0 saturated heterocycles. The van der Waals surface area contributed by atoms with Gasteiger partial charge in [0.05, 0.1) is 29.8 Å². The highest BCUT2D eigenvalue weighted by Crippen LogP contribution is 2.28. The normalized spacial score (nSPS) is 10.3. The number of hydrogen-bond acceptors (Lipinski definition) is 5. The number of esters is 1. The lowest BCUT2D eigenvalue weighted by atomic mass is 10.2. The van der Waals surface area contributed by atoms with Gasteiger partial charge >= 0.3 is 5.97 Å². The smallest absolute Gasteiger partial charge is 0.341 e. The number of ether oxygens (including phenoxy) is 3. The summed E-state index contributed by atoms with van der Waals surface area (Å²) in [6, 6.07) is 10.1. The van der Waals surface area contributed by atoms with Crippen molar-refractivity contribution in [3.05, 3.63) is 57.6 Å². The quantitative estimate of drug-likeness (QED) is 0.592. The molecule has 1 amide bonds. The summed E-state index contributed by atoms with van der Waals surface area (Å²) in [7, 11) is 3.10. The van der Waals surface area contributed by atoms with Crippen LogP contribution in [0.1, 0.15) is 22.8 Å². The Morgan fingerprint density at radius 3 is 2.21 bits per heavy atom. The van der Waals surface area contributed by atoms with Crippen molar-refractivity contribution in [2.24, 2.45) is 0 Å². The standard InChI is InChI=1S/C20H21Cl2NO5/c1-4-23(11-13-8-9-16(26-2)17(10-13)27-3)18(24)12-28-20(25)19-14(21)6-5-7-15(19)22/h5-10H,4,11-12H2,1-3H3. The molecule has 0 aliphatic heterocycles. The summed E-state index contributed by atoms with van der Waals surface area (Å²) >= 11 is 12.0. The fourth-order valence-electron chi connectivity index (χ4n) is 2.56. The second kappa shape index (κ2) is 10.2. The van der Waals surface area contributed by atoms with Gasteiger partial charge in [-0.2, -0.15) is 0 Å². The lowest BCUT2D eigenvalue weighted by molar-refractivity contribution is -0.134. The van der Waals surface area contributed by atoms with Crippen molar-refractivity contribution < 1.29 is 23.8 Å². The monoisotopic (exact) mass is 425 g/mol. The molecule has 28 heavy (non-hydrogen) atoms. The van der Waals surface area contributed by atoms with Gasteiger partial charge in [-0.1, -0.05) is 35.3 Å². The van der Waals surface area contributed by atoms with Gasteiger partial charge in [-0.15, -0.1) is 0 Å². The molecular weight excluding hydrogens is 405 g/mol. The number of hydrogen-bond donors (Lipinski definition) is 0. The van der Waals surface area contributed by atoms with E-state index in [1.807, 2.05) is 13.0 Å². The van der Waals surface area contributed by atoms with E-state index in [4.69, 9.17) is 37.4 Å². The molecule has 0 aromatic heterocycles. The summed E-state index contributed by atoms with van der Waals surface area (Å²) in [5, 5.41) is 0.338. The maximum absolute atomic E-state index is 12.5. The molecule has 2 aromatic carbocycles. The second-order valence-corrected chi connectivity index (χ2v) is 6.58. The highest BCUT2D eigenvalue weighted by atomic mass is 35.5. The molecule has 0 N–H and O–H groups in total. The summed E-state index contributed by atoms with van der Waals surface area (Å²) in [5.41, 5.74) is 0.898. The molecule has 8 heteroatoms. The second-order valence-electron chi connectivity index (χ2n) is 5.77. The van der Waals surface area contributed by atoms with Crippen LogP contribution in [-0.4, -0.2) is 44.1 Å². The Morgan fingerprint density at radius 1 is 1.00 bits per heavy atom. The van der Waals surface area contributed by atoms with Crippen LogP contribution >= 0.6 is 23.2 Å². The Morgan fingerprint density at radius 2 is 1.64 bits per heavy atom. The molecule has 0 saturated carbocycles. The molecule has 2 rings (SSSR count). The molecule has 0 unspecified atom stereocenters. The van der Waals surface area contributed by atoms with E-state index in [0.717, 1.165) is 5.56 Å². The third kappa shape index (κ3) is 5.30. The maximum Gasteiger partial charge on any atom is 0.341 e. The number of methoxy groups -OCH3 is 2. The van der Waals surface area contributed by atoms with Crippen LogP contribution in [0.25, 0.3) is 0 Å². The summed E-state index contributed by atoms with van der Waals surface area (Å²) in [5.74, 6) is 0.0920. The van der Waals surface area contributed by atoms with Crippen LogP contribution in [0.15, 0.2) is 36.4 Å². The van der Waals surface area contributed by atoms with Crippen molar-refractivity contribution in [3.63, 3.8) is 0 Å². The molecule has 0 heterocycles. The third-order valence-corrected chi connectivity index (χ3v) is 4.68. The SMILES string of the molecule is CCN(Cc1ccc(OC)c(OC)c1)C(=O)COC(=O)c1c(Cl)cccc1Cl. The zero-order valence-corrected chi connectivity index (χ0v) is 17.3. The number of carbonyl (C=O) groups excluding carboxylic acids is 2. The Kier molecular flexibility index (Phi) is 7.96. The molecule has 0 radical (unpaired) electrons. The first-order valence-electron chi connectivity index (χ1n) is 8.51. The van der Waals surface area contributed by atoms with Gasteiger partial charge < -0.3 is 19.1 Å². The van der Waals surface area contributed by atoms with E-state index < -0.39 is 12.6 Å². The molecule has 150 valence electrons. The van der Waals surface area contributed by atoms with E-state index in [2.05, 4.69) is 0 Å². The summed E-state index contributed by atoms with van der Waals surface area (Å²) in [6.07, 6.45) is 0. The third-order valence-electron chi connectivity index (χ3n) is 4.05. The molecule has 0 fully saturated rings. The van der Waals surface area contributed by atoms with Gasteiger partial charge in [-0.3, -0.25) is 4.79 Å². The van der Waals surface area contributed by atoms with Crippen LogP contribution in [-0.2, 0) is 16.1 Å². The Labute approximate surface area is 173 Å². The van der Waals surface area contributed by atoms with Gasteiger partial charge in [-0.25, -0.2) is 4.79 Å². The predicted molar refractivity (Wildman–Crippen MR) is 107 cm³/mol. The topological polar surface area (TPSA) is 65.1 Å². The molecule has 0 bridgehead atoms. The Bertz CT molecular complexity index is 836. The van der Waals surface area contributed by atoms with Crippen molar-refractivity contribution in [2.75, 3.05) is 27.4 Å². The molecular formula is C20H21Cl2NO5. The molecule has 2 aromatic rings. The largest absolute Gasteiger partial charge is 0.493 e. The van der Waals surface area contributed by atoms with Crippen molar-refractivity contribution in [1.82, 2.24) is 4.90 Å². The predicted octanol–water partition coefficient (Wildman–Crippen LogP) is 4.22. The van der Waals surface area contributed by atoms with Gasteiger partial charge in [0.15, 0.2) is 18.1 Å². The first-order chi connectivity index (χ1) is 13.4. The molecule has 6 nitrogen and oxygen atoms in total. The van der Waals surface area contributed by atoms with Crippen LogP contribution in [0.5, 0.6) is 11.5 Å². The summed E-state index contributed by atoms with van der Waals surface area (Å²) in [6.45, 7) is 2.20. The van der Waals surface area contributed by atoms with Crippen molar-refractivity contribution in [3.8, 4) is 11.5 Å². The number of amides is 1. The fraction of sp³-hybridized carbons (Fsp3) is 0.300. The number of likely N-dealkylation sites (N-methyl/N-ethyl adjacent to an activating group) is 1. The van der Waals surface area contributed by atoms with Crippen LogP contribution in [0.3, 0.4) is 0 Å². The molecule has 0 atom stereocenters. The first-order valence-corrected chi connectivity index (χ1v) is 9.26. The number of halogens is 2. The maximum atomic E-state index is 12.5. The van der Waals surface area contributed by atoms with Crippen LogP contribution < -0.4 is 9.47 Å². The molecule has 0 aliphatic carbocycles. The van der Waals surface area contributed by atoms with Crippen LogP contribution in [0, 0.1) is 0 Å². The Hall–Kier alpha value is -2.44. The summed E-state index contributed by atoms with van der Waals surface area (Å²) < 4.78 is 15.6. The molecule has 0 spiro atoms. The van der Waals surface area contributed by atoms with Gasteiger partial charge in [-0.05, 0) is 36.8 Å². The van der Waals surface area contributed by atoms with E-state index in [-0.39, 0.29) is 21.5 Å². The first kappa shape index (κ1) is 21.9. The van der Waals surface area contributed by atoms with E-state index in [0.29, 0.717) is 24.6 Å². The minimum Gasteiger partial charge on any atom is -0.493 e. The number of nitrogens with zero attached hydrogens (tertiary/aromatic N) is 1. The van der Waals surface area contributed by atoms with Crippen molar-refractivity contribution >= 4 is 35.1 Å². The lowest BCUT2D eigenvalue weighted by Gasteiger charge is -2.21. The zero-order valence-electron chi connectivity index (χ0n) is 15.8. The van der Waals surface area contributed by atoms with Gasteiger partial charge in [0.2, 0.25) is 0 Å². The van der Waals surface area contributed by atoms with Crippen molar-refractivity contribution in [2.45, 2.75) is 13.5 Å². The van der Waals surface area contributed by atoms with E-state index in [1.54, 1.807) is 37.3 Å². The van der Waals surface area contributed by atoms with E-state index in [9.17, 15) is 9.59 Å². The lowest BCUT2D eigenvalue weighted by Crippen LogP contribution is -2.34. The summed E-state index contributed by atoms with van der Waals surface area (Å²) in [4.78, 5) is 26.3. The highest BCUT2D eigenvalue weighted by molar-refractivity contribution is 6.39. The number of benzene rings is 2. The number of rotatable bonds is 8. The van der Waals surface area contributed by atoms with Gasteiger partial charge in [0, 0.05) is 13.1 Å². The zero-order chi connectivity index (χ0) is 20.7. The minimum atomic E-state index is -0.744. The van der Waals surface area contributed by atoms with Crippen LogP contribution in [0.4, 0.5) is 0 Å². The van der Waals surface area contributed by atoms with E-state index in [1.165, 1.54) is 12.1 Å². The van der Waals surface area contributed by atoms with Gasteiger partial charge in [0.1, 0.15) is 0 Å².